The zero-order valence-corrected chi connectivity index (χ0v) is 13.7. The van der Waals surface area contributed by atoms with Crippen LogP contribution in [0.3, 0.4) is 0 Å². The molecule has 4 nitrogen and oxygen atoms in total. The molecular formula is C19H21NO3. The van der Waals surface area contributed by atoms with Crippen LogP contribution in [0.4, 0.5) is 0 Å². The molecule has 0 aromatic heterocycles. The first-order valence-corrected chi connectivity index (χ1v) is 7.66. The Kier molecular flexibility index (Phi) is 4.09. The summed E-state index contributed by atoms with van der Waals surface area (Å²) in [6, 6.07) is 13.5. The maximum absolute atomic E-state index is 13.0. The Morgan fingerprint density at radius 2 is 1.74 bits per heavy atom. The molecule has 0 saturated heterocycles. The van der Waals surface area contributed by atoms with Gasteiger partial charge < -0.3 is 14.8 Å². The minimum absolute atomic E-state index is 0.0629. The monoisotopic (exact) mass is 311 g/mol. The van der Waals surface area contributed by atoms with Crippen LogP contribution in [0.1, 0.15) is 28.4 Å². The van der Waals surface area contributed by atoms with Crippen molar-refractivity contribution in [3.63, 3.8) is 0 Å². The third-order valence-corrected chi connectivity index (χ3v) is 4.48. The Bertz CT molecular complexity index is 741. The van der Waals surface area contributed by atoms with Crippen molar-refractivity contribution in [2.75, 3.05) is 14.2 Å². The summed E-state index contributed by atoms with van der Waals surface area (Å²) in [6.07, 6.45) is 0.677. The summed E-state index contributed by atoms with van der Waals surface area (Å²) in [4.78, 5) is 13.0. The van der Waals surface area contributed by atoms with E-state index in [1.165, 1.54) is 11.1 Å². The summed E-state index contributed by atoms with van der Waals surface area (Å²) in [7, 11) is 3.16. The highest BCUT2D eigenvalue weighted by Crippen LogP contribution is 2.31. The molecule has 0 radical (unpaired) electrons. The number of ether oxygens (including phenoxy) is 2. The van der Waals surface area contributed by atoms with Gasteiger partial charge in [-0.1, -0.05) is 24.3 Å². The number of nitrogens with one attached hydrogen (secondary N) is 1. The second-order valence-electron chi connectivity index (χ2n) is 6.03. The van der Waals surface area contributed by atoms with Crippen LogP contribution in [0, 0.1) is 0 Å². The SMILES string of the molecule is COc1ccc(C(=O)C2(C)Cc3ccccc3CN2)cc1OC. The predicted octanol–water partition coefficient (Wildman–Crippen LogP) is 2.99. The largest absolute Gasteiger partial charge is 0.493 e. The van der Waals surface area contributed by atoms with Crippen molar-refractivity contribution in [3.05, 3.63) is 59.2 Å². The molecule has 0 fully saturated rings. The maximum atomic E-state index is 13.0. The van der Waals surface area contributed by atoms with E-state index < -0.39 is 5.54 Å². The van der Waals surface area contributed by atoms with Gasteiger partial charge in [-0.2, -0.15) is 0 Å². The first-order valence-electron chi connectivity index (χ1n) is 7.66. The standard InChI is InChI=1S/C19H21NO3/c1-19(11-14-6-4-5-7-15(14)12-20-19)18(21)13-8-9-16(22-2)17(10-13)23-3/h4-10,20H,11-12H2,1-3H3. The van der Waals surface area contributed by atoms with Crippen LogP contribution in [-0.2, 0) is 13.0 Å². The number of hydrogen-bond donors (Lipinski definition) is 1. The number of rotatable bonds is 4. The average Bonchev–Trinajstić information content (AvgIpc) is 2.60. The Labute approximate surface area is 136 Å². The van der Waals surface area contributed by atoms with E-state index in [2.05, 4.69) is 17.4 Å². The highest BCUT2D eigenvalue weighted by Gasteiger charge is 2.37. The topological polar surface area (TPSA) is 47.6 Å². The Morgan fingerprint density at radius 1 is 1.04 bits per heavy atom. The number of Topliss-reactive ketones (excluding diaryl/α,β-unsaturated/α-hetero) is 1. The fourth-order valence-electron chi connectivity index (χ4n) is 3.09. The normalized spacial score (nSPS) is 19.8. The van der Waals surface area contributed by atoms with Gasteiger partial charge in [-0.25, -0.2) is 0 Å². The molecule has 0 aliphatic carbocycles. The van der Waals surface area contributed by atoms with Crippen LogP contribution in [0.5, 0.6) is 11.5 Å². The van der Waals surface area contributed by atoms with Crippen molar-refractivity contribution in [2.45, 2.75) is 25.4 Å². The number of methoxy groups -OCH3 is 2. The molecule has 1 N–H and O–H groups in total. The molecule has 0 bridgehead atoms. The fourth-order valence-corrected chi connectivity index (χ4v) is 3.09. The van der Waals surface area contributed by atoms with Crippen LogP contribution >= 0.6 is 0 Å². The zero-order chi connectivity index (χ0) is 16.4. The smallest absolute Gasteiger partial charge is 0.183 e. The van der Waals surface area contributed by atoms with Crippen LogP contribution in [-0.4, -0.2) is 25.5 Å². The van der Waals surface area contributed by atoms with E-state index in [1.54, 1.807) is 32.4 Å². The molecule has 1 aliphatic rings. The van der Waals surface area contributed by atoms with Gasteiger partial charge in [-0.15, -0.1) is 0 Å². The molecule has 1 unspecified atom stereocenters. The summed E-state index contributed by atoms with van der Waals surface area (Å²) < 4.78 is 10.5. The van der Waals surface area contributed by atoms with Gasteiger partial charge in [0.2, 0.25) is 0 Å². The zero-order valence-electron chi connectivity index (χ0n) is 13.7. The number of hydrogen-bond acceptors (Lipinski definition) is 4. The van der Waals surface area contributed by atoms with Crippen molar-refractivity contribution in [1.29, 1.82) is 0 Å². The molecule has 4 heteroatoms. The van der Waals surface area contributed by atoms with E-state index in [0.29, 0.717) is 30.0 Å². The molecular weight excluding hydrogens is 290 g/mol. The molecule has 1 atom stereocenters. The number of carbonyl (C=O) groups is 1. The highest BCUT2D eigenvalue weighted by atomic mass is 16.5. The predicted molar refractivity (Wildman–Crippen MR) is 89.3 cm³/mol. The lowest BCUT2D eigenvalue weighted by molar-refractivity contribution is 0.0856. The molecule has 2 aromatic carbocycles. The van der Waals surface area contributed by atoms with Crippen molar-refractivity contribution in [2.24, 2.45) is 0 Å². The summed E-state index contributed by atoms with van der Waals surface area (Å²) in [5, 5.41) is 3.39. The second kappa shape index (κ2) is 6.05. The van der Waals surface area contributed by atoms with Crippen LogP contribution in [0.15, 0.2) is 42.5 Å². The lowest BCUT2D eigenvalue weighted by Gasteiger charge is -2.35. The molecule has 0 amide bonds. The Balaban J connectivity index is 1.91. The molecule has 3 rings (SSSR count). The summed E-state index contributed by atoms with van der Waals surface area (Å²) in [5.74, 6) is 1.25. The van der Waals surface area contributed by atoms with Crippen molar-refractivity contribution < 1.29 is 14.3 Å². The van der Waals surface area contributed by atoms with E-state index in [9.17, 15) is 4.79 Å². The first kappa shape index (κ1) is 15.6. The molecule has 120 valence electrons. The number of fused-ring (bicyclic) bond motifs is 1. The van der Waals surface area contributed by atoms with Gasteiger partial charge in [-0.05, 0) is 42.7 Å². The van der Waals surface area contributed by atoms with E-state index in [1.807, 2.05) is 19.1 Å². The Morgan fingerprint density at radius 3 is 2.43 bits per heavy atom. The molecule has 23 heavy (non-hydrogen) atoms. The molecule has 1 heterocycles. The van der Waals surface area contributed by atoms with E-state index >= 15 is 0 Å². The van der Waals surface area contributed by atoms with Gasteiger partial charge in [0, 0.05) is 12.1 Å². The second-order valence-corrected chi connectivity index (χ2v) is 6.03. The van der Waals surface area contributed by atoms with Crippen molar-refractivity contribution in [3.8, 4) is 11.5 Å². The number of ketones is 1. The molecule has 1 aliphatic heterocycles. The van der Waals surface area contributed by atoms with Gasteiger partial charge in [0.25, 0.3) is 0 Å². The van der Waals surface area contributed by atoms with Crippen molar-refractivity contribution in [1.82, 2.24) is 5.32 Å². The van der Waals surface area contributed by atoms with Crippen LogP contribution < -0.4 is 14.8 Å². The minimum atomic E-state index is -0.617. The van der Waals surface area contributed by atoms with Gasteiger partial charge in [0.1, 0.15) is 0 Å². The molecule has 2 aromatic rings. The minimum Gasteiger partial charge on any atom is -0.493 e. The Hall–Kier alpha value is -2.33. The lowest BCUT2D eigenvalue weighted by atomic mass is 9.81. The lowest BCUT2D eigenvalue weighted by Crippen LogP contribution is -2.53. The van der Waals surface area contributed by atoms with Crippen LogP contribution in [0.25, 0.3) is 0 Å². The molecule has 0 spiro atoms. The van der Waals surface area contributed by atoms with Gasteiger partial charge in [0.15, 0.2) is 17.3 Å². The van der Waals surface area contributed by atoms with Crippen molar-refractivity contribution >= 4 is 5.78 Å². The summed E-state index contributed by atoms with van der Waals surface area (Å²) in [5.41, 5.74) is 2.48. The average molecular weight is 311 g/mol. The maximum Gasteiger partial charge on any atom is 0.183 e. The fraction of sp³-hybridized carbons (Fsp3) is 0.316. The quantitative estimate of drug-likeness (QED) is 0.882. The summed E-state index contributed by atoms with van der Waals surface area (Å²) >= 11 is 0. The highest BCUT2D eigenvalue weighted by molar-refractivity contribution is 6.03. The van der Waals surface area contributed by atoms with Gasteiger partial charge >= 0.3 is 0 Å². The summed E-state index contributed by atoms with van der Waals surface area (Å²) in [6.45, 7) is 2.66. The van der Waals surface area contributed by atoms with E-state index in [0.717, 1.165) is 0 Å². The van der Waals surface area contributed by atoms with Crippen LogP contribution in [0.2, 0.25) is 0 Å². The number of carbonyl (C=O) groups excluding carboxylic acids is 1. The molecule has 0 saturated carbocycles. The van der Waals surface area contributed by atoms with Gasteiger partial charge in [-0.3, -0.25) is 4.79 Å². The van der Waals surface area contributed by atoms with E-state index in [-0.39, 0.29) is 5.78 Å². The van der Waals surface area contributed by atoms with Gasteiger partial charge in [0.05, 0.1) is 19.8 Å². The third kappa shape index (κ3) is 2.82. The first-order chi connectivity index (χ1) is 11.1. The number of benzene rings is 2. The third-order valence-electron chi connectivity index (χ3n) is 4.48. The van der Waals surface area contributed by atoms with E-state index in [4.69, 9.17) is 9.47 Å².